The summed E-state index contributed by atoms with van der Waals surface area (Å²) in [5.41, 5.74) is 2.75. The monoisotopic (exact) mass is 559 g/mol. The molecule has 1 aliphatic rings. The van der Waals surface area contributed by atoms with Gasteiger partial charge >= 0.3 is 18.5 Å². The zero-order chi connectivity index (χ0) is 28.7. The maximum atomic E-state index is 15.1. The van der Waals surface area contributed by atoms with Crippen molar-refractivity contribution in [2.24, 2.45) is 0 Å². The fourth-order valence-corrected chi connectivity index (χ4v) is 3.87. The first-order chi connectivity index (χ1) is 18.5. The normalized spacial score (nSPS) is 14.9. The van der Waals surface area contributed by atoms with Crippen LogP contribution >= 0.6 is 0 Å². The summed E-state index contributed by atoms with van der Waals surface area (Å²) < 4.78 is 64.9. The van der Waals surface area contributed by atoms with E-state index in [0.717, 1.165) is 17.0 Å². The number of anilines is 2. The van der Waals surface area contributed by atoms with Crippen LogP contribution in [0.25, 0.3) is 0 Å². The SMILES string of the molecule is CCN(CCN(NC)C(=O)NCc1cc(C)on1)c1c(F)cc(N2C[C@H](CNC(=O)C(F)F)OC2=O)cc1F. The van der Waals surface area contributed by atoms with Crippen molar-refractivity contribution in [1.82, 2.24) is 26.2 Å². The highest BCUT2D eigenvalue weighted by Crippen LogP contribution is 2.31. The molecular weight excluding hydrogens is 530 g/mol. The van der Waals surface area contributed by atoms with Gasteiger partial charge in [-0.05, 0) is 13.8 Å². The van der Waals surface area contributed by atoms with Crippen LogP contribution in [-0.4, -0.2) is 80.5 Å². The molecule has 0 bridgehead atoms. The van der Waals surface area contributed by atoms with Crippen LogP contribution in [0.2, 0.25) is 0 Å². The molecule has 4 amide bonds. The number of aryl methyl sites for hydroxylation is 1. The molecule has 0 radical (unpaired) electrons. The summed E-state index contributed by atoms with van der Waals surface area (Å²) >= 11 is 0. The lowest BCUT2D eigenvalue weighted by Crippen LogP contribution is -2.49. The highest BCUT2D eigenvalue weighted by atomic mass is 19.3. The van der Waals surface area contributed by atoms with E-state index in [-0.39, 0.29) is 50.6 Å². The number of halogens is 4. The van der Waals surface area contributed by atoms with Gasteiger partial charge in [0.1, 0.15) is 23.2 Å². The van der Waals surface area contributed by atoms with E-state index in [1.807, 2.05) is 5.32 Å². The largest absolute Gasteiger partial charge is 0.442 e. The summed E-state index contributed by atoms with van der Waals surface area (Å²) in [6.07, 6.45) is -5.15. The molecule has 0 unspecified atom stereocenters. The summed E-state index contributed by atoms with van der Waals surface area (Å²) in [7, 11) is 1.52. The first-order valence-corrected chi connectivity index (χ1v) is 12.0. The Labute approximate surface area is 221 Å². The Balaban J connectivity index is 1.63. The Morgan fingerprint density at radius 2 is 1.87 bits per heavy atom. The number of aromatic nitrogens is 1. The third kappa shape index (κ3) is 7.49. The minimum Gasteiger partial charge on any atom is -0.442 e. The summed E-state index contributed by atoms with van der Waals surface area (Å²) in [6, 6.07) is 3.08. The number of urea groups is 1. The summed E-state index contributed by atoms with van der Waals surface area (Å²) in [4.78, 5) is 38.1. The Hall–Kier alpha value is -4.08. The van der Waals surface area contributed by atoms with Crippen LogP contribution in [0.1, 0.15) is 18.4 Å². The molecule has 2 aromatic rings. The summed E-state index contributed by atoms with van der Waals surface area (Å²) in [5, 5.41) is 9.61. The number of amides is 4. The highest BCUT2D eigenvalue weighted by Gasteiger charge is 2.34. The van der Waals surface area contributed by atoms with Gasteiger partial charge in [0.05, 0.1) is 31.9 Å². The minimum absolute atomic E-state index is 0.0542. The van der Waals surface area contributed by atoms with Gasteiger partial charge < -0.3 is 24.8 Å². The second-order valence-electron chi connectivity index (χ2n) is 8.46. The van der Waals surface area contributed by atoms with Crippen LogP contribution in [-0.2, 0) is 16.1 Å². The smallest absolute Gasteiger partial charge is 0.414 e. The number of likely N-dealkylation sites (N-methyl/N-ethyl adjacent to an activating group) is 1. The average molecular weight is 560 g/mol. The zero-order valence-corrected chi connectivity index (χ0v) is 21.5. The predicted octanol–water partition coefficient (Wildman–Crippen LogP) is 2.14. The summed E-state index contributed by atoms with van der Waals surface area (Å²) in [6.45, 7) is 3.23. The molecule has 16 heteroatoms. The van der Waals surface area contributed by atoms with Gasteiger partial charge in [-0.15, -0.1) is 0 Å². The zero-order valence-electron chi connectivity index (χ0n) is 21.5. The van der Waals surface area contributed by atoms with Crippen molar-refractivity contribution >= 4 is 29.4 Å². The molecule has 3 rings (SSSR count). The molecule has 1 fully saturated rings. The van der Waals surface area contributed by atoms with Crippen LogP contribution in [0.3, 0.4) is 0 Å². The molecule has 2 heterocycles. The quantitative estimate of drug-likeness (QED) is 0.266. The molecule has 39 heavy (non-hydrogen) atoms. The van der Waals surface area contributed by atoms with Crippen LogP contribution in [0, 0.1) is 18.6 Å². The van der Waals surface area contributed by atoms with Crippen molar-refractivity contribution in [3.05, 3.63) is 41.3 Å². The molecule has 0 spiro atoms. The lowest BCUT2D eigenvalue weighted by atomic mass is 10.2. The predicted molar refractivity (Wildman–Crippen MR) is 130 cm³/mol. The minimum atomic E-state index is -3.23. The average Bonchev–Trinajstić information content (AvgIpc) is 3.48. The van der Waals surface area contributed by atoms with E-state index in [4.69, 9.17) is 9.26 Å². The standard InChI is InChI=1S/C23H29F4N7O5/c1-4-32(5-6-34(28-3)22(36)30-10-14-7-13(2)39-31-14)19-17(24)8-15(9-18(19)25)33-12-16(38-23(33)37)11-29-21(35)20(26)27/h7-9,16,20,28H,4-6,10-12H2,1-3H3,(H,29,35)(H,30,36)/t16-/m0/s1. The van der Waals surface area contributed by atoms with E-state index in [2.05, 4.69) is 15.9 Å². The van der Waals surface area contributed by atoms with Crippen molar-refractivity contribution in [2.75, 3.05) is 49.6 Å². The van der Waals surface area contributed by atoms with Gasteiger partial charge in [0.25, 0.3) is 5.91 Å². The second kappa shape index (κ2) is 13.1. The maximum absolute atomic E-state index is 15.1. The number of hydrogen-bond donors (Lipinski definition) is 3. The molecule has 1 aliphatic heterocycles. The lowest BCUT2D eigenvalue weighted by Gasteiger charge is -2.29. The van der Waals surface area contributed by atoms with Crippen LogP contribution in [0.4, 0.5) is 38.5 Å². The van der Waals surface area contributed by atoms with Crippen molar-refractivity contribution in [3.63, 3.8) is 0 Å². The number of carbonyl (C=O) groups is 3. The number of ether oxygens (including phenoxy) is 1. The van der Waals surface area contributed by atoms with Gasteiger partial charge in [-0.25, -0.2) is 23.8 Å². The number of hydrazine groups is 1. The van der Waals surface area contributed by atoms with Crippen LogP contribution in [0.5, 0.6) is 0 Å². The molecule has 3 N–H and O–H groups in total. The van der Waals surface area contributed by atoms with E-state index >= 15 is 8.78 Å². The number of nitrogens with zero attached hydrogens (tertiary/aromatic N) is 4. The molecule has 1 atom stereocenters. The fourth-order valence-electron chi connectivity index (χ4n) is 3.87. The number of carbonyl (C=O) groups excluding carboxylic acids is 3. The highest BCUT2D eigenvalue weighted by molar-refractivity contribution is 5.90. The third-order valence-corrected chi connectivity index (χ3v) is 5.79. The van der Waals surface area contributed by atoms with Gasteiger partial charge in [-0.3, -0.25) is 14.7 Å². The number of alkyl halides is 2. The Bertz CT molecular complexity index is 1160. The Kier molecular flexibility index (Phi) is 9.92. The number of rotatable bonds is 12. The number of cyclic esters (lactones) is 1. The first-order valence-electron chi connectivity index (χ1n) is 12.0. The molecule has 0 aliphatic carbocycles. The van der Waals surface area contributed by atoms with E-state index in [1.54, 1.807) is 19.9 Å². The van der Waals surface area contributed by atoms with Gasteiger partial charge in [-0.1, -0.05) is 5.16 Å². The molecule has 1 aromatic carbocycles. The number of hydrogen-bond acceptors (Lipinski definition) is 8. The van der Waals surface area contributed by atoms with E-state index in [9.17, 15) is 23.2 Å². The van der Waals surface area contributed by atoms with Gasteiger partial charge in [-0.2, -0.15) is 8.78 Å². The number of benzene rings is 1. The van der Waals surface area contributed by atoms with E-state index in [0.29, 0.717) is 11.5 Å². The topological polar surface area (TPSA) is 132 Å². The summed E-state index contributed by atoms with van der Waals surface area (Å²) in [5.74, 6) is -2.85. The van der Waals surface area contributed by atoms with Gasteiger partial charge in [0.15, 0.2) is 11.6 Å². The number of nitrogens with one attached hydrogen (secondary N) is 3. The maximum Gasteiger partial charge on any atom is 0.414 e. The first kappa shape index (κ1) is 29.5. The third-order valence-electron chi connectivity index (χ3n) is 5.79. The van der Waals surface area contributed by atoms with Crippen molar-refractivity contribution < 1.29 is 41.2 Å². The Morgan fingerprint density at radius 3 is 2.44 bits per heavy atom. The van der Waals surface area contributed by atoms with Crippen LogP contribution in [0.15, 0.2) is 22.7 Å². The molecular formula is C23H29F4N7O5. The van der Waals surface area contributed by atoms with Crippen molar-refractivity contribution in [2.45, 2.75) is 32.9 Å². The van der Waals surface area contributed by atoms with Gasteiger partial charge in [0, 0.05) is 38.3 Å². The lowest BCUT2D eigenvalue weighted by molar-refractivity contribution is -0.132. The van der Waals surface area contributed by atoms with Gasteiger partial charge in [0.2, 0.25) is 0 Å². The fraction of sp³-hybridized carbons (Fsp3) is 0.478. The van der Waals surface area contributed by atoms with E-state index < -0.39 is 42.2 Å². The second-order valence-corrected chi connectivity index (χ2v) is 8.46. The van der Waals surface area contributed by atoms with E-state index in [1.165, 1.54) is 17.0 Å². The molecule has 214 valence electrons. The Morgan fingerprint density at radius 1 is 1.18 bits per heavy atom. The molecule has 1 saturated heterocycles. The molecule has 1 aromatic heterocycles. The molecule has 12 nitrogen and oxygen atoms in total. The van der Waals surface area contributed by atoms with Crippen molar-refractivity contribution in [1.29, 1.82) is 0 Å². The molecule has 0 saturated carbocycles. The van der Waals surface area contributed by atoms with Crippen molar-refractivity contribution in [3.8, 4) is 0 Å². The van der Waals surface area contributed by atoms with Crippen LogP contribution < -0.4 is 25.9 Å².